The van der Waals surface area contributed by atoms with E-state index in [4.69, 9.17) is 23.2 Å². The van der Waals surface area contributed by atoms with Gasteiger partial charge in [0.1, 0.15) is 5.15 Å². The zero-order valence-electron chi connectivity index (χ0n) is 11.0. The van der Waals surface area contributed by atoms with E-state index in [0.29, 0.717) is 12.1 Å². The highest BCUT2D eigenvalue weighted by molar-refractivity contribution is 6.35. The molecule has 0 aliphatic carbocycles. The zero-order valence-corrected chi connectivity index (χ0v) is 12.5. The number of nitrogens with zero attached hydrogens (tertiary/aromatic N) is 1. The molecule has 0 spiro atoms. The predicted octanol–water partition coefficient (Wildman–Crippen LogP) is 3.88. The number of halogens is 2. The molecule has 0 saturated carbocycles. The van der Waals surface area contributed by atoms with Gasteiger partial charge in [0.05, 0.1) is 10.6 Å². The van der Waals surface area contributed by atoms with Crippen LogP contribution in [0.1, 0.15) is 28.4 Å². The number of rotatable bonds is 4. The van der Waals surface area contributed by atoms with Crippen LogP contribution in [0.15, 0.2) is 36.5 Å². The molecule has 1 aromatic carbocycles. The van der Waals surface area contributed by atoms with Gasteiger partial charge in [-0.1, -0.05) is 54.4 Å². The summed E-state index contributed by atoms with van der Waals surface area (Å²) in [4.78, 5) is 15.8. The minimum Gasteiger partial charge on any atom is -0.348 e. The zero-order chi connectivity index (χ0) is 14.5. The molecular formula is C15H14Cl2N2O. The second-order valence-corrected chi connectivity index (χ2v) is 5.13. The van der Waals surface area contributed by atoms with Crippen LogP contribution in [-0.2, 0) is 13.0 Å². The molecule has 5 heteroatoms. The fourth-order valence-corrected chi connectivity index (χ4v) is 2.10. The molecule has 2 aromatic rings. The Morgan fingerprint density at radius 3 is 2.50 bits per heavy atom. The number of carbonyl (C=O) groups excluding carboxylic acids is 1. The number of benzene rings is 1. The topological polar surface area (TPSA) is 42.0 Å². The van der Waals surface area contributed by atoms with Crippen LogP contribution in [0.3, 0.4) is 0 Å². The Hall–Kier alpha value is -1.58. The van der Waals surface area contributed by atoms with E-state index in [1.165, 1.54) is 17.8 Å². The Kier molecular flexibility index (Phi) is 4.99. The first-order chi connectivity index (χ1) is 9.60. The molecule has 0 aliphatic rings. The number of aromatic nitrogens is 1. The van der Waals surface area contributed by atoms with Crippen molar-refractivity contribution >= 4 is 29.1 Å². The highest BCUT2D eigenvalue weighted by atomic mass is 35.5. The molecule has 0 atom stereocenters. The highest BCUT2D eigenvalue weighted by Gasteiger charge is 2.11. The quantitative estimate of drug-likeness (QED) is 0.871. The summed E-state index contributed by atoms with van der Waals surface area (Å²) in [7, 11) is 0. The Labute approximate surface area is 127 Å². The van der Waals surface area contributed by atoms with Crippen molar-refractivity contribution in [2.45, 2.75) is 19.9 Å². The van der Waals surface area contributed by atoms with Crippen molar-refractivity contribution in [2.75, 3.05) is 0 Å². The van der Waals surface area contributed by atoms with Crippen LogP contribution in [0.4, 0.5) is 0 Å². The van der Waals surface area contributed by atoms with Crippen molar-refractivity contribution in [3.8, 4) is 0 Å². The van der Waals surface area contributed by atoms with E-state index in [0.717, 1.165) is 12.0 Å². The van der Waals surface area contributed by atoms with E-state index in [9.17, 15) is 4.79 Å². The lowest BCUT2D eigenvalue weighted by atomic mass is 10.1. The molecular weight excluding hydrogens is 295 g/mol. The molecule has 0 radical (unpaired) electrons. The third kappa shape index (κ3) is 3.71. The summed E-state index contributed by atoms with van der Waals surface area (Å²) < 4.78 is 0. The monoisotopic (exact) mass is 308 g/mol. The molecule has 3 nitrogen and oxygen atoms in total. The Morgan fingerprint density at radius 2 is 1.85 bits per heavy atom. The largest absolute Gasteiger partial charge is 0.348 e. The first kappa shape index (κ1) is 14.8. The van der Waals surface area contributed by atoms with Crippen molar-refractivity contribution in [3.05, 3.63) is 63.4 Å². The Morgan fingerprint density at radius 1 is 1.20 bits per heavy atom. The second-order valence-electron chi connectivity index (χ2n) is 4.34. The van der Waals surface area contributed by atoms with Crippen LogP contribution in [0, 0.1) is 0 Å². The van der Waals surface area contributed by atoms with Gasteiger partial charge in [0.2, 0.25) is 0 Å². The molecule has 0 unspecified atom stereocenters. The maximum absolute atomic E-state index is 12.0. The van der Waals surface area contributed by atoms with E-state index in [1.54, 1.807) is 0 Å². The van der Waals surface area contributed by atoms with Crippen molar-refractivity contribution in [1.29, 1.82) is 0 Å². The molecule has 1 N–H and O–H groups in total. The minimum absolute atomic E-state index is 0.242. The fraction of sp³-hybridized carbons (Fsp3) is 0.200. The number of aryl methyl sites for hydroxylation is 1. The van der Waals surface area contributed by atoms with Gasteiger partial charge in [-0.05, 0) is 23.6 Å². The minimum atomic E-state index is -0.265. The second kappa shape index (κ2) is 6.73. The molecule has 0 bridgehead atoms. The molecule has 0 aliphatic heterocycles. The summed E-state index contributed by atoms with van der Waals surface area (Å²) in [5.74, 6) is -0.265. The predicted molar refractivity (Wildman–Crippen MR) is 81.2 cm³/mol. The van der Waals surface area contributed by atoms with Gasteiger partial charge in [0, 0.05) is 12.7 Å². The van der Waals surface area contributed by atoms with Gasteiger partial charge in [0.25, 0.3) is 5.91 Å². The third-order valence-electron chi connectivity index (χ3n) is 2.95. The Balaban J connectivity index is 2.02. The lowest BCUT2D eigenvalue weighted by molar-refractivity contribution is 0.0951. The molecule has 1 amide bonds. The SMILES string of the molecule is CCc1ccc(CNC(=O)c2cc(Cl)ncc2Cl)cc1. The van der Waals surface area contributed by atoms with E-state index in [1.807, 2.05) is 12.1 Å². The van der Waals surface area contributed by atoms with Crippen molar-refractivity contribution in [1.82, 2.24) is 10.3 Å². The Bertz CT molecular complexity index is 612. The van der Waals surface area contributed by atoms with Gasteiger partial charge in [-0.3, -0.25) is 4.79 Å². The average Bonchev–Trinajstić information content (AvgIpc) is 2.47. The van der Waals surface area contributed by atoms with Gasteiger partial charge in [-0.2, -0.15) is 0 Å². The lowest BCUT2D eigenvalue weighted by Gasteiger charge is -2.07. The molecule has 1 aromatic heterocycles. The van der Waals surface area contributed by atoms with Crippen LogP contribution in [-0.4, -0.2) is 10.9 Å². The van der Waals surface area contributed by atoms with Crippen molar-refractivity contribution < 1.29 is 4.79 Å². The smallest absolute Gasteiger partial charge is 0.253 e. The van der Waals surface area contributed by atoms with E-state index >= 15 is 0 Å². The van der Waals surface area contributed by atoms with Crippen LogP contribution < -0.4 is 5.32 Å². The van der Waals surface area contributed by atoms with Crippen LogP contribution in [0.2, 0.25) is 10.2 Å². The van der Waals surface area contributed by atoms with Crippen LogP contribution >= 0.6 is 23.2 Å². The normalized spacial score (nSPS) is 10.3. The first-order valence-corrected chi connectivity index (χ1v) is 7.02. The summed E-state index contributed by atoms with van der Waals surface area (Å²) in [6.07, 6.45) is 2.37. The number of nitrogens with one attached hydrogen (secondary N) is 1. The van der Waals surface area contributed by atoms with Crippen LogP contribution in [0.25, 0.3) is 0 Å². The van der Waals surface area contributed by atoms with Gasteiger partial charge in [-0.15, -0.1) is 0 Å². The van der Waals surface area contributed by atoms with Gasteiger partial charge in [0.15, 0.2) is 0 Å². The molecule has 20 heavy (non-hydrogen) atoms. The first-order valence-electron chi connectivity index (χ1n) is 6.27. The number of carbonyl (C=O) groups is 1. The van der Waals surface area contributed by atoms with Gasteiger partial charge in [-0.25, -0.2) is 4.98 Å². The summed E-state index contributed by atoms with van der Waals surface area (Å²) >= 11 is 11.7. The maximum atomic E-state index is 12.0. The maximum Gasteiger partial charge on any atom is 0.253 e. The molecule has 0 saturated heterocycles. The summed E-state index contributed by atoms with van der Waals surface area (Å²) in [5, 5.41) is 3.34. The van der Waals surface area contributed by atoms with Crippen LogP contribution in [0.5, 0.6) is 0 Å². The number of hydrogen-bond donors (Lipinski definition) is 1. The third-order valence-corrected chi connectivity index (χ3v) is 3.46. The van der Waals surface area contributed by atoms with Crippen molar-refractivity contribution in [2.24, 2.45) is 0 Å². The summed E-state index contributed by atoms with van der Waals surface area (Å²) in [6.45, 7) is 2.55. The molecule has 0 fully saturated rings. The standard InChI is InChI=1S/C15H14Cl2N2O/c1-2-10-3-5-11(6-4-10)8-19-15(20)12-7-14(17)18-9-13(12)16/h3-7,9H,2,8H2,1H3,(H,19,20). The number of pyridine rings is 1. The van der Waals surface area contributed by atoms with E-state index < -0.39 is 0 Å². The van der Waals surface area contributed by atoms with E-state index in [-0.39, 0.29) is 16.1 Å². The number of hydrogen-bond acceptors (Lipinski definition) is 2. The highest BCUT2D eigenvalue weighted by Crippen LogP contribution is 2.18. The van der Waals surface area contributed by atoms with E-state index in [2.05, 4.69) is 29.4 Å². The lowest BCUT2D eigenvalue weighted by Crippen LogP contribution is -2.23. The molecule has 2 rings (SSSR count). The molecule has 104 valence electrons. The van der Waals surface area contributed by atoms with Gasteiger partial charge >= 0.3 is 0 Å². The van der Waals surface area contributed by atoms with Crippen molar-refractivity contribution in [3.63, 3.8) is 0 Å². The number of amides is 1. The fourth-order valence-electron chi connectivity index (χ4n) is 1.76. The molecule has 1 heterocycles. The van der Waals surface area contributed by atoms with Gasteiger partial charge < -0.3 is 5.32 Å². The average molecular weight is 309 g/mol. The summed E-state index contributed by atoms with van der Waals surface area (Å²) in [6, 6.07) is 9.56. The summed E-state index contributed by atoms with van der Waals surface area (Å²) in [5.41, 5.74) is 2.63.